The summed E-state index contributed by atoms with van der Waals surface area (Å²) >= 11 is 0. The van der Waals surface area contributed by atoms with Crippen LogP contribution in [0.25, 0.3) is 0 Å². The van der Waals surface area contributed by atoms with Crippen molar-refractivity contribution in [2.45, 2.75) is 0 Å². The van der Waals surface area contributed by atoms with Gasteiger partial charge in [0.15, 0.2) is 11.6 Å². The molecule has 0 amide bonds. The first-order chi connectivity index (χ1) is 14.5. The molecule has 10 nitrogen and oxygen atoms in total. The Morgan fingerprint density at radius 2 is 1.13 bits per heavy atom. The third-order valence-electron chi connectivity index (χ3n) is 3.64. The van der Waals surface area contributed by atoms with Crippen LogP contribution in [0.3, 0.4) is 0 Å². The van der Waals surface area contributed by atoms with E-state index in [0.717, 1.165) is 18.7 Å². The molecule has 0 bridgehead atoms. The Balaban J connectivity index is 1.71. The fraction of sp³-hybridized carbons (Fsp3) is 0.111. The van der Waals surface area contributed by atoms with Gasteiger partial charge in [0.05, 0.1) is 18.7 Å². The van der Waals surface area contributed by atoms with Crippen molar-refractivity contribution in [3.05, 3.63) is 60.5 Å². The van der Waals surface area contributed by atoms with E-state index in [-0.39, 0.29) is 11.8 Å². The molecule has 0 saturated heterocycles. The summed E-state index contributed by atoms with van der Waals surface area (Å²) in [6.07, 6.45) is 3.09. The van der Waals surface area contributed by atoms with E-state index < -0.39 is 25.9 Å². The van der Waals surface area contributed by atoms with Crippen molar-refractivity contribution in [2.75, 3.05) is 32.6 Å². The van der Waals surface area contributed by atoms with Crippen LogP contribution >= 0.6 is 0 Å². The van der Waals surface area contributed by atoms with Gasteiger partial charge < -0.3 is 10.6 Å². The number of aromatic nitrogens is 2. The summed E-state index contributed by atoms with van der Waals surface area (Å²) in [5.74, 6) is -0.656. The minimum Gasteiger partial charge on any atom is -0.338 e. The Hall–Kier alpha value is -3.45. The first kappa shape index (κ1) is 22.2. The lowest BCUT2D eigenvalue weighted by molar-refractivity contribution is 0.605. The topological polar surface area (TPSA) is 142 Å². The number of anilines is 6. The molecule has 0 unspecified atom stereocenters. The van der Waals surface area contributed by atoms with Gasteiger partial charge in [-0.25, -0.2) is 26.2 Å². The normalized spacial score (nSPS) is 11.6. The number of benzene rings is 2. The third-order valence-corrected chi connectivity index (χ3v) is 4.85. The van der Waals surface area contributed by atoms with Crippen molar-refractivity contribution < 1.29 is 21.2 Å². The quantitative estimate of drug-likeness (QED) is 0.397. The van der Waals surface area contributed by atoms with E-state index in [4.69, 9.17) is 0 Å². The molecule has 0 aliphatic rings. The molecule has 164 valence electrons. The van der Waals surface area contributed by atoms with Crippen molar-refractivity contribution >= 4 is 54.6 Å². The molecule has 1 heterocycles. The molecule has 31 heavy (non-hydrogen) atoms. The number of nitrogens with zero attached hydrogens (tertiary/aromatic N) is 2. The van der Waals surface area contributed by atoms with Gasteiger partial charge in [0.25, 0.3) is 0 Å². The zero-order chi connectivity index (χ0) is 22.6. The monoisotopic (exact) mass is 466 g/mol. The first-order valence-electron chi connectivity index (χ1n) is 8.69. The highest BCUT2D eigenvalue weighted by molar-refractivity contribution is 7.92. The standard InChI is InChI=1S/C18H19FN6O4S2/c1-30(26,27)24-14-7-3-12(4-8-14)21-17-16(19)11-20-18(23-17)22-13-5-9-15(10-6-13)25-31(2,28)29/h3-11,24-25H,1-2H3,(H2,20,21,22,23). The minimum atomic E-state index is -3.40. The molecule has 2 aromatic carbocycles. The summed E-state index contributed by atoms with van der Waals surface area (Å²) in [4.78, 5) is 7.98. The van der Waals surface area contributed by atoms with Crippen LogP contribution in [0.4, 0.5) is 38.9 Å². The second kappa shape index (κ2) is 8.73. The number of hydrogen-bond donors (Lipinski definition) is 4. The lowest BCUT2D eigenvalue weighted by Crippen LogP contribution is -2.09. The maximum atomic E-state index is 14.1. The van der Waals surface area contributed by atoms with Crippen molar-refractivity contribution in [2.24, 2.45) is 0 Å². The molecule has 1 aromatic heterocycles. The molecule has 0 aliphatic heterocycles. The van der Waals surface area contributed by atoms with E-state index in [9.17, 15) is 21.2 Å². The van der Waals surface area contributed by atoms with Crippen LogP contribution in [0.2, 0.25) is 0 Å². The Morgan fingerprint density at radius 3 is 1.58 bits per heavy atom. The van der Waals surface area contributed by atoms with Gasteiger partial charge in [0.1, 0.15) is 0 Å². The number of sulfonamides is 2. The van der Waals surface area contributed by atoms with Crippen molar-refractivity contribution in [1.29, 1.82) is 0 Å². The summed E-state index contributed by atoms with van der Waals surface area (Å²) < 4.78 is 63.8. The predicted octanol–water partition coefficient (Wildman–Crippen LogP) is 2.85. The van der Waals surface area contributed by atoms with Crippen molar-refractivity contribution in [3.8, 4) is 0 Å². The molecular formula is C18H19FN6O4S2. The lowest BCUT2D eigenvalue weighted by Gasteiger charge is -2.11. The zero-order valence-corrected chi connectivity index (χ0v) is 18.1. The second-order valence-electron chi connectivity index (χ2n) is 6.54. The summed E-state index contributed by atoms with van der Waals surface area (Å²) in [7, 11) is -6.78. The van der Waals surface area contributed by atoms with Gasteiger partial charge in [-0.2, -0.15) is 4.98 Å². The average Bonchev–Trinajstić information content (AvgIpc) is 2.65. The summed E-state index contributed by atoms with van der Waals surface area (Å²) in [5.41, 5.74) is 1.81. The van der Waals surface area contributed by atoms with E-state index in [0.29, 0.717) is 22.7 Å². The van der Waals surface area contributed by atoms with Crippen LogP contribution in [-0.4, -0.2) is 39.3 Å². The van der Waals surface area contributed by atoms with E-state index in [1.807, 2.05) is 0 Å². The number of hydrogen-bond acceptors (Lipinski definition) is 8. The molecular weight excluding hydrogens is 447 g/mol. The fourth-order valence-electron chi connectivity index (χ4n) is 2.45. The van der Waals surface area contributed by atoms with Crippen molar-refractivity contribution in [3.63, 3.8) is 0 Å². The predicted molar refractivity (Wildman–Crippen MR) is 118 cm³/mol. The van der Waals surface area contributed by atoms with Crippen LogP contribution in [0.15, 0.2) is 54.7 Å². The summed E-state index contributed by atoms with van der Waals surface area (Å²) in [6.45, 7) is 0. The zero-order valence-electron chi connectivity index (χ0n) is 16.4. The Labute approximate surface area is 179 Å². The maximum Gasteiger partial charge on any atom is 0.229 e. The number of halogens is 1. The van der Waals surface area contributed by atoms with Gasteiger partial charge in [-0.1, -0.05) is 0 Å². The van der Waals surface area contributed by atoms with E-state index in [1.54, 1.807) is 36.4 Å². The largest absolute Gasteiger partial charge is 0.338 e. The lowest BCUT2D eigenvalue weighted by atomic mass is 10.3. The van der Waals surface area contributed by atoms with Crippen LogP contribution in [0.1, 0.15) is 0 Å². The number of nitrogens with one attached hydrogen (secondary N) is 4. The fourth-order valence-corrected chi connectivity index (χ4v) is 3.58. The van der Waals surface area contributed by atoms with Crippen molar-refractivity contribution in [1.82, 2.24) is 9.97 Å². The van der Waals surface area contributed by atoms with Crippen LogP contribution in [-0.2, 0) is 20.0 Å². The molecule has 3 aromatic rings. The molecule has 3 rings (SSSR count). The SMILES string of the molecule is CS(=O)(=O)Nc1ccc(Nc2ncc(F)c(Nc3ccc(NS(C)(=O)=O)cc3)n2)cc1. The molecule has 13 heteroatoms. The molecule has 0 radical (unpaired) electrons. The van der Waals surface area contributed by atoms with Gasteiger partial charge in [-0.15, -0.1) is 0 Å². The highest BCUT2D eigenvalue weighted by Gasteiger charge is 2.09. The van der Waals surface area contributed by atoms with E-state index >= 15 is 0 Å². The van der Waals surface area contributed by atoms with Gasteiger partial charge in [-0.3, -0.25) is 9.44 Å². The average molecular weight is 467 g/mol. The van der Waals surface area contributed by atoms with Gasteiger partial charge in [0, 0.05) is 22.7 Å². The van der Waals surface area contributed by atoms with Crippen LogP contribution in [0.5, 0.6) is 0 Å². The molecule has 0 saturated carbocycles. The molecule has 0 atom stereocenters. The van der Waals surface area contributed by atoms with E-state index in [2.05, 4.69) is 30.0 Å². The van der Waals surface area contributed by atoms with Gasteiger partial charge in [0.2, 0.25) is 26.0 Å². The molecule has 0 spiro atoms. The van der Waals surface area contributed by atoms with Gasteiger partial charge in [-0.05, 0) is 48.5 Å². The van der Waals surface area contributed by atoms with Crippen LogP contribution < -0.4 is 20.1 Å². The minimum absolute atomic E-state index is 0.0864. The van der Waals surface area contributed by atoms with E-state index in [1.165, 1.54) is 12.1 Å². The highest BCUT2D eigenvalue weighted by Crippen LogP contribution is 2.23. The number of rotatable bonds is 8. The van der Waals surface area contributed by atoms with Gasteiger partial charge >= 0.3 is 0 Å². The summed E-state index contributed by atoms with van der Waals surface area (Å²) in [6, 6.07) is 12.5. The highest BCUT2D eigenvalue weighted by atomic mass is 32.2. The smallest absolute Gasteiger partial charge is 0.229 e. The first-order valence-corrected chi connectivity index (χ1v) is 12.5. The Bertz CT molecular complexity index is 1280. The Morgan fingerprint density at radius 1 is 0.710 bits per heavy atom. The summed E-state index contributed by atoms with van der Waals surface area (Å²) in [5, 5.41) is 5.70. The molecule has 0 fully saturated rings. The Kier molecular flexibility index (Phi) is 6.27. The second-order valence-corrected chi connectivity index (χ2v) is 10.0. The molecule has 4 N–H and O–H groups in total. The van der Waals surface area contributed by atoms with Crippen LogP contribution in [0, 0.1) is 5.82 Å². The molecule has 0 aliphatic carbocycles. The third kappa shape index (κ3) is 7.08. The maximum absolute atomic E-state index is 14.1.